The lowest BCUT2D eigenvalue weighted by Crippen LogP contribution is -2.09. The fraction of sp³-hybridized carbons (Fsp3) is 0.324. The van der Waals surface area contributed by atoms with E-state index >= 15 is 0 Å². The Hall–Kier alpha value is -3.86. The topological polar surface area (TPSA) is 87.1 Å². The van der Waals surface area contributed by atoms with E-state index in [1.54, 1.807) is 16.3 Å². The molecule has 0 radical (unpaired) electrons. The number of benzene rings is 3. The van der Waals surface area contributed by atoms with Crippen LogP contribution in [0.25, 0.3) is 32.8 Å². The summed E-state index contributed by atoms with van der Waals surface area (Å²) in [5, 5.41) is 24.1. The second kappa shape index (κ2) is 12.5. The van der Waals surface area contributed by atoms with Crippen LogP contribution in [0.4, 0.5) is 0 Å². The van der Waals surface area contributed by atoms with E-state index in [0.717, 1.165) is 77.6 Å². The van der Waals surface area contributed by atoms with Crippen LogP contribution in [-0.4, -0.2) is 41.8 Å². The molecule has 0 amide bonds. The largest absolute Gasteiger partial charge is 0.493 e. The number of nitrogens with zero attached hydrogens (tertiary/aromatic N) is 5. The lowest BCUT2D eigenvalue weighted by Gasteiger charge is -2.13. The van der Waals surface area contributed by atoms with E-state index in [4.69, 9.17) is 26.5 Å². The summed E-state index contributed by atoms with van der Waals surface area (Å²) >= 11 is 10.6. The molecule has 1 saturated carbocycles. The average molecular weight is 698 g/mol. The summed E-state index contributed by atoms with van der Waals surface area (Å²) in [5.74, 6) is 2.14. The number of ether oxygens (including phenoxy) is 1. The first-order chi connectivity index (χ1) is 23.3. The van der Waals surface area contributed by atoms with Crippen LogP contribution in [-0.2, 0) is 37.8 Å². The smallest absolute Gasteiger partial charge is 0.352 e. The highest BCUT2D eigenvalue weighted by atomic mass is 35.5. The van der Waals surface area contributed by atoms with Crippen molar-refractivity contribution in [2.75, 3.05) is 6.61 Å². The van der Waals surface area contributed by atoms with Crippen LogP contribution >= 0.6 is 35.1 Å². The number of aromatic nitrogens is 5. The average Bonchev–Trinajstić information content (AvgIpc) is 3.69. The predicted octanol–water partition coefficient (Wildman–Crippen LogP) is 8.97. The number of rotatable bonds is 2. The number of hydrogen-bond acceptors (Lipinski definition) is 6. The summed E-state index contributed by atoms with van der Waals surface area (Å²) in [6.07, 6.45) is 3.55. The third-order valence-corrected chi connectivity index (χ3v) is 11.8. The molecule has 6 aromatic rings. The zero-order chi connectivity index (χ0) is 33.1. The van der Waals surface area contributed by atoms with Crippen molar-refractivity contribution in [3.05, 3.63) is 93.7 Å². The maximum absolute atomic E-state index is 12.8. The van der Waals surface area contributed by atoms with E-state index in [2.05, 4.69) is 41.1 Å². The third kappa shape index (κ3) is 5.57. The SMILES string of the molecule is Cc1c2c(nn1C)CSCc1cc(n(C3CC3)n1)CSc1cc(c3ccccc3c1)OCCCc1c(C(=O)O)n(C)c3c-2c(Cl)ccc13. The number of halogens is 1. The van der Waals surface area contributed by atoms with Gasteiger partial charge in [-0.1, -0.05) is 41.9 Å². The number of hydrogen-bond donors (Lipinski definition) is 1. The molecule has 8 bridgehead atoms. The highest BCUT2D eigenvalue weighted by Gasteiger charge is 2.29. The number of carboxylic acid groups (broad SMARTS) is 1. The zero-order valence-electron chi connectivity index (χ0n) is 27.1. The van der Waals surface area contributed by atoms with Gasteiger partial charge in [-0.15, -0.1) is 23.5 Å². The van der Waals surface area contributed by atoms with Crippen molar-refractivity contribution in [2.45, 2.75) is 60.8 Å². The van der Waals surface area contributed by atoms with Gasteiger partial charge in [0.25, 0.3) is 0 Å². The monoisotopic (exact) mass is 697 g/mol. The van der Waals surface area contributed by atoms with Crippen LogP contribution in [0.1, 0.15) is 64.1 Å². The number of fused-ring (bicyclic) bond motifs is 8. The number of aromatic carboxylic acids is 1. The third-order valence-electron chi connectivity index (χ3n) is 9.53. The van der Waals surface area contributed by atoms with E-state index in [1.807, 2.05) is 55.7 Å². The van der Waals surface area contributed by atoms with Crippen molar-refractivity contribution < 1.29 is 14.6 Å². The molecular weight excluding hydrogens is 662 g/mol. The van der Waals surface area contributed by atoms with E-state index in [9.17, 15) is 9.90 Å². The van der Waals surface area contributed by atoms with Crippen LogP contribution < -0.4 is 4.74 Å². The Morgan fingerprint density at radius 3 is 2.65 bits per heavy atom. The van der Waals surface area contributed by atoms with Crippen molar-refractivity contribution in [3.63, 3.8) is 0 Å². The Morgan fingerprint density at radius 2 is 1.83 bits per heavy atom. The summed E-state index contributed by atoms with van der Waals surface area (Å²) < 4.78 is 12.4. The van der Waals surface area contributed by atoms with Gasteiger partial charge in [-0.05, 0) is 67.8 Å². The highest BCUT2D eigenvalue weighted by molar-refractivity contribution is 7.98. The molecule has 1 aliphatic heterocycles. The Kier molecular flexibility index (Phi) is 8.21. The van der Waals surface area contributed by atoms with Crippen LogP contribution in [0, 0.1) is 6.92 Å². The van der Waals surface area contributed by atoms with Crippen molar-refractivity contribution in [2.24, 2.45) is 14.1 Å². The molecule has 1 fully saturated rings. The summed E-state index contributed by atoms with van der Waals surface area (Å²) in [6.45, 7) is 2.50. The first-order valence-corrected chi connectivity index (χ1v) is 18.8. The van der Waals surface area contributed by atoms with Gasteiger partial charge in [0.15, 0.2) is 0 Å². The standard InChI is InChI=1S/C37H36ClN5O3S2/c1-21-33-31(40-42(21)3)20-47-18-23-16-25(43(39-23)24-10-11-24)19-48-26-15-22-7-4-5-8-27(22)32(17-26)46-14-6-9-28-29-12-13-30(38)34(33)35(29)41(2)36(28)37(44)45/h4-5,7-8,12-13,15-17,24H,6,9-11,14,18-20H2,1-3H3,(H,44,45). The first-order valence-electron chi connectivity index (χ1n) is 16.3. The van der Waals surface area contributed by atoms with Crippen LogP contribution in [0.15, 0.2) is 59.5 Å². The Morgan fingerprint density at radius 1 is 1.00 bits per heavy atom. The molecule has 8 nitrogen and oxygen atoms in total. The van der Waals surface area contributed by atoms with Gasteiger partial charge in [0.1, 0.15) is 11.4 Å². The predicted molar refractivity (Wildman–Crippen MR) is 195 cm³/mol. The van der Waals surface area contributed by atoms with Gasteiger partial charge in [-0.3, -0.25) is 9.36 Å². The maximum atomic E-state index is 12.8. The summed E-state index contributed by atoms with van der Waals surface area (Å²) in [6, 6.07) is 19.3. The normalized spacial score (nSPS) is 15.8. The van der Waals surface area contributed by atoms with Crippen LogP contribution in [0.2, 0.25) is 5.02 Å². The summed E-state index contributed by atoms with van der Waals surface area (Å²) in [4.78, 5) is 13.9. The minimum absolute atomic E-state index is 0.277. The van der Waals surface area contributed by atoms with Gasteiger partial charge in [-0.2, -0.15) is 10.2 Å². The molecule has 11 heteroatoms. The minimum Gasteiger partial charge on any atom is -0.493 e. The Labute approximate surface area is 292 Å². The van der Waals surface area contributed by atoms with Crippen molar-refractivity contribution >= 4 is 62.8 Å². The van der Waals surface area contributed by atoms with Gasteiger partial charge in [0.05, 0.1) is 34.6 Å². The zero-order valence-corrected chi connectivity index (χ0v) is 29.5. The van der Waals surface area contributed by atoms with Crippen molar-refractivity contribution in [1.82, 2.24) is 24.1 Å². The van der Waals surface area contributed by atoms with E-state index < -0.39 is 5.97 Å². The van der Waals surface area contributed by atoms with Crippen LogP contribution in [0.5, 0.6) is 5.75 Å². The number of aryl methyl sites for hydroxylation is 3. The molecule has 0 atom stereocenters. The molecule has 3 aromatic heterocycles. The quantitative estimate of drug-likeness (QED) is 0.193. The van der Waals surface area contributed by atoms with E-state index in [1.165, 1.54) is 18.5 Å². The fourth-order valence-corrected chi connectivity index (χ4v) is 9.09. The van der Waals surface area contributed by atoms with Crippen LogP contribution in [0.3, 0.4) is 0 Å². The molecule has 0 unspecified atom stereocenters. The van der Waals surface area contributed by atoms with Crippen molar-refractivity contribution in [3.8, 4) is 16.9 Å². The molecule has 0 spiro atoms. The molecule has 1 aliphatic carbocycles. The minimum atomic E-state index is -0.958. The second-order valence-corrected chi connectivity index (χ2v) is 15.2. The molecule has 2 aliphatic rings. The molecular formula is C37H36ClN5O3S2. The fourth-order valence-electron chi connectivity index (χ4n) is 7.06. The van der Waals surface area contributed by atoms with E-state index in [0.29, 0.717) is 36.3 Å². The van der Waals surface area contributed by atoms with Crippen molar-refractivity contribution in [1.29, 1.82) is 0 Å². The Bertz CT molecular complexity index is 2230. The highest BCUT2D eigenvalue weighted by Crippen LogP contribution is 2.43. The summed E-state index contributed by atoms with van der Waals surface area (Å²) in [5.41, 5.74) is 7.91. The molecule has 4 heterocycles. The second-order valence-electron chi connectivity index (χ2n) is 12.7. The first kappa shape index (κ1) is 31.4. The molecule has 246 valence electrons. The van der Waals surface area contributed by atoms with Gasteiger partial charge in [-0.25, -0.2) is 4.79 Å². The Balaban J connectivity index is 1.25. The van der Waals surface area contributed by atoms with Gasteiger partial charge in [0.2, 0.25) is 0 Å². The molecule has 1 N–H and O–H groups in total. The van der Waals surface area contributed by atoms with E-state index in [-0.39, 0.29) is 5.69 Å². The number of carboxylic acids is 1. The lowest BCUT2D eigenvalue weighted by molar-refractivity contribution is 0.0685. The molecule has 3 aromatic carbocycles. The number of thioether (sulfide) groups is 2. The van der Waals surface area contributed by atoms with Gasteiger partial charge >= 0.3 is 5.97 Å². The lowest BCUT2D eigenvalue weighted by atomic mass is 9.98. The maximum Gasteiger partial charge on any atom is 0.352 e. The number of carbonyl (C=O) groups is 1. The molecule has 48 heavy (non-hydrogen) atoms. The van der Waals surface area contributed by atoms with Gasteiger partial charge < -0.3 is 14.4 Å². The molecule has 8 rings (SSSR count). The van der Waals surface area contributed by atoms with Gasteiger partial charge in [0, 0.05) is 69.5 Å². The molecule has 0 saturated heterocycles. The summed E-state index contributed by atoms with van der Waals surface area (Å²) in [7, 11) is 3.78.